The van der Waals surface area contributed by atoms with E-state index in [-0.39, 0.29) is 10.9 Å². The zero-order chi connectivity index (χ0) is 24.9. The van der Waals surface area contributed by atoms with Crippen LogP contribution < -0.4 is 0 Å². The van der Waals surface area contributed by atoms with E-state index in [1.807, 2.05) is 0 Å². The number of alkyl halides is 6. The normalized spacial score (nSPS) is 12.4. The van der Waals surface area contributed by atoms with E-state index >= 15 is 0 Å². The molecule has 0 aliphatic heterocycles. The summed E-state index contributed by atoms with van der Waals surface area (Å²) in [7, 11) is -6.84. The van der Waals surface area contributed by atoms with Crippen LogP contribution in [0.5, 0.6) is 0 Å². The SMILES string of the molecule is Cc1ccc([S+](c2ccccc2)c2ccccc2)cc1.O=S(=O)([O-])C(F)(F)C(F)(F)C(F)F. The summed E-state index contributed by atoms with van der Waals surface area (Å²) in [6.07, 6.45) is -4.94. The van der Waals surface area contributed by atoms with Crippen molar-refractivity contribution in [2.24, 2.45) is 0 Å². The molecule has 3 aromatic carbocycles. The predicted molar refractivity (Wildman–Crippen MR) is 112 cm³/mol. The average Bonchev–Trinajstić information content (AvgIpc) is 2.76. The van der Waals surface area contributed by atoms with Crippen molar-refractivity contribution in [3.63, 3.8) is 0 Å². The highest BCUT2D eigenvalue weighted by atomic mass is 32.2. The Morgan fingerprint density at radius 1 is 0.727 bits per heavy atom. The Balaban J connectivity index is 0.000000260. The van der Waals surface area contributed by atoms with Gasteiger partial charge < -0.3 is 4.55 Å². The van der Waals surface area contributed by atoms with Gasteiger partial charge in [0.15, 0.2) is 24.8 Å². The third-order valence-electron chi connectivity index (χ3n) is 4.19. The van der Waals surface area contributed by atoms with Crippen molar-refractivity contribution in [1.29, 1.82) is 0 Å². The molecule has 0 aromatic heterocycles. The Kier molecular flexibility index (Phi) is 8.61. The Hall–Kier alpha value is -2.50. The van der Waals surface area contributed by atoms with Gasteiger partial charge in [-0.25, -0.2) is 17.2 Å². The first kappa shape index (κ1) is 26.7. The maximum Gasteiger partial charge on any atom is 0.402 e. The van der Waals surface area contributed by atoms with Crippen LogP contribution in [0.2, 0.25) is 0 Å². The molecule has 0 spiro atoms. The maximum absolute atomic E-state index is 11.8. The van der Waals surface area contributed by atoms with E-state index in [0.717, 1.165) is 0 Å². The van der Waals surface area contributed by atoms with Gasteiger partial charge in [-0.05, 0) is 43.3 Å². The number of halogens is 6. The van der Waals surface area contributed by atoms with Crippen molar-refractivity contribution in [3.05, 3.63) is 90.5 Å². The molecule has 0 atom stereocenters. The first-order chi connectivity index (χ1) is 15.3. The quantitative estimate of drug-likeness (QED) is 0.229. The monoisotopic (exact) mass is 508 g/mol. The van der Waals surface area contributed by atoms with Crippen LogP contribution in [0.15, 0.2) is 99.6 Å². The van der Waals surface area contributed by atoms with Crippen molar-refractivity contribution in [3.8, 4) is 0 Å². The van der Waals surface area contributed by atoms with E-state index in [4.69, 9.17) is 0 Å². The van der Waals surface area contributed by atoms with E-state index in [1.54, 1.807) is 0 Å². The molecule has 0 saturated heterocycles. The summed E-state index contributed by atoms with van der Waals surface area (Å²) in [6, 6.07) is 30.4. The molecule has 0 N–H and O–H groups in total. The fourth-order valence-corrected chi connectivity index (χ4v) is 5.00. The first-order valence-electron chi connectivity index (χ1n) is 9.19. The highest BCUT2D eigenvalue weighted by Gasteiger charge is 2.67. The molecule has 0 aliphatic rings. The number of aryl methyl sites for hydroxylation is 1. The topological polar surface area (TPSA) is 57.2 Å². The average molecular weight is 509 g/mol. The van der Waals surface area contributed by atoms with E-state index in [1.165, 1.54) is 20.2 Å². The zero-order valence-electron chi connectivity index (χ0n) is 17.0. The molecule has 0 saturated carbocycles. The molecule has 0 heterocycles. The molecule has 3 aromatic rings. The van der Waals surface area contributed by atoms with Crippen LogP contribution in [-0.2, 0) is 21.0 Å². The molecule has 0 radical (unpaired) electrons. The second kappa shape index (κ2) is 10.6. The molecular weight excluding hydrogens is 490 g/mol. The smallest absolute Gasteiger partial charge is 0.402 e. The fraction of sp³-hybridized carbons (Fsp3) is 0.182. The molecule has 0 fully saturated rings. The summed E-state index contributed by atoms with van der Waals surface area (Å²) in [5, 5.41) is -6.31. The van der Waals surface area contributed by atoms with Crippen LogP contribution in [0.25, 0.3) is 0 Å². The van der Waals surface area contributed by atoms with E-state index in [0.29, 0.717) is 0 Å². The van der Waals surface area contributed by atoms with Crippen LogP contribution in [0.3, 0.4) is 0 Å². The third-order valence-corrected chi connectivity index (χ3v) is 7.32. The van der Waals surface area contributed by atoms with Crippen LogP contribution in [-0.4, -0.2) is 30.6 Å². The zero-order valence-corrected chi connectivity index (χ0v) is 18.6. The lowest BCUT2D eigenvalue weighted by molar-refractivity contribution is -0.227. The number of hydrogen-bond donors (Lipinski definition) is 0. The van der Waals surface area contributed by atoms with Crippen molar-refractivity contribution in [2.75, 3.05) is 0 Å². The van der Waals surface area contributed by atoms with Crippen molar-refractivity contribution < 1.29 is 39.3 Å². The van der Waals surface area contributed by atoms with Gasteiger partial charge in [-0.2, -0.15) is 17.6 Å². The van der Waals surface area contributed by atoms with Crippen LogP contribution in [0, 0.1) is 6.92 Å². The molecule has 3 rings (SSSR count). The van der Waals surface area contributed by atoms with E-state index in [2.05, 4.69) is 91.9 Å². The van der Waals surface area contributed by atoms with Crippen molar-refractivity contribution in [1.82, 2.24) is 0 Å². The Bertz CT molecular complexity index is 1080. The van der Waals surface area contributed by atoms with Crippen LogP contribution in [0.1, 0.15) is 5.56 Å². The molecule has 0 aliphatic carbocycles. The summed E-state index contributed by atoms with van der Waals surface area (Å²) in [6.45, 7) is 2.13. The molecule has 11 heteroatoms. The second-order valence-electron chi connectivity index (χ2n) is 6.64. The van der Waals surface area contributed by atoms with Gasteiger partial charge in [0.1, 0.15) is 0 Å². The summed E-state index contributed by atoms with van der Waals surface area (Å²) < 4.78 is 98.0. The minimum absolute atomic E-state index is 0.0229. The lowest BCUT2D eigenvalue weighted by Crippen LogP contribution is -2.51. The number of hydrogen-bond acceptors (Lipinski definition) is 3. The minimum atomic E-state index is -6.82. The first-order valence-corrected chi connectivity index (χ1v) is 11.8. The van der Waals surface area contributed by atoms with E-state index < -0.39 is 27.7 Å². The Morgan fingerprint density at radius 3 is 1.39 bits per heavy atom. The summed E-state index contributed by atoms with van der Waals surface area (Å²) in [5.74, 6) is -6.19. The van der Waals surface area contributed by atoms with Gasteiger partial charge in [0, 0.05) is 0 Å². The van der Waals surface area contributed by atoms with Gasteiger partial charge in [-0.1, -0.05) is 54.1 Å². The summed E-state index contributed by atoms with van der Waals surface area (Å²) >= 11 is 0. The lowest BCUT2D eigenvalue weighted by atomic mass is 10.2. The van der Waals surface area contributed by atoms with Crippen LogP contribution in [0.4, 0.5) is 26.3 Å². The fourth-order valence-electron chi connectivity index (χ4n) is 2.49. The highest BCUT2D eigenvalue weighted by Crippen LogP contribution is 2.42. The van der Waals surface area contributed by atoms with Gasteiger partial charge in [-0.15, -0.1) is 0 Å². The highest BCUT2D eigenvalue weighted by molar-refractivity contribution is 7.97. The third kappa shape index (κ3) is 6.30. The van der Waals surface area contributed by atoms with Crippen LogP contribution >= 0.6 is 0 Å². The molecule has 178 valence electrons. The molecule has 0 bridgehead atoms. The maximum atomic E-state index is 11.8. The summed E-state index contributed by atoms with van der Waals surface area (Å²) in [5.41, 5.74) is 1.30. The van der Waals surface area contributed by atoms with Gasteiger partial charge >= 0.3 is 17.6 Å². The number of rotatable bonds is 6. The van der Waals surface area contributed by atoms with Crippen molar-refractivity contribution in [2.45, 2.75) is 39.2 Å². The largest absolute Gasteiger partial charge is 0.743 e. The predicted octanol–water partition coefficient (Wildman–Crippen LogP) is 6.12. The second-order valence-corrected chi connectivity index (χ2v) is 10.1. The van der Waals surface area contributed by atoms with Gasteiger partial charge in [0.2, 0.25) is 0 Å². The van der Waals surface area contributed by atoms with Gasteiger partial charge in [0.25, 0.3) is 0 Å². The molecule has 3 nitrogen and oxygen atoms in total. The van der Waals surface area contributed by atoms with Gasteiger partial charge in [0.05, 0.1) is 10.9 Å². The van der Waals surface area contributed by atoms with Crippen molar-refractivity contribution >= 4 is 21.0 Å². The summed E-state index contributed by atoms with van der Waals surface area (Å²) in [4.78, 5) is 4.10. The molecule has 0 amide bonds. The number of benzene rings is 3. The lowest BCUT2D eigenvalue weighted by Gasteiger charge is -2.27. The minimum Gasteiger partial charge on any atom is -0.743 e. The molecule has 0 unspecified atom stereocenters. The molecular formula is C22H18F6O3S2. The Morgan fingerprint density at radius 2 is 1.09 bits per heavy atom. The van der Waals surface area contributed by atoms with E-state index in [9.17, 15) is 39.3 Å². The van der Waals surface area contributed by atoms with Gasteiger partial charge in [-0.3, -0.25) is 0 Å². The standard InChI is InChI=1S/C19H17S.C3H2F6O3S/c1-16-12-14-19(15-13-16)20(17-8-4-2-5-9-17)18-10-6-3-7-11-18;4-1(5)2(6,7)3(8,9)13(10,11)12/h2-15H,1H3;1H,(H,10,11,12)/q+1;/p-1. The Labute approximate surface area is 190 Å². The molecule has 33 heavy (non-hydrogen) atoms.